The molecule has 0 spiro atoms. The van der Waals surface area contributed by atoms with E-state index in [1.54, 1.807) is 7.11 Å². The Labute approximate surface area is 114 Å². The molecule has 0 aliphatic rings. The number of nitrogens with one attached hydrogen (secondary N) is 1. The fourth-order valence-electron chi connectivity index (χ4n) is 2.07. The molecule has 0 aromatic heterocycles. The van der Waals surface area contributed by atoms with Crippen LogP contribution in [0.5, 0.6) is 5.75 Å². The van der Waals surface area contributed by atoms with Crippen LogP contribution in [-0.2, 0) is 6.54 Å². The van der Waals surface area contributed by atoms with Crippen LogP contribution in [0.2, 0.25) is 0 Å². The third-order valence-corrected chi connectivity index (χ3v) is 3.27. The Bertz CT molecular complexity index is 598. The average Bonchev–Trinajstić information content (AvgIpc) is 2.47. The molecule has 0 saturated carbocycles. The molecule has 1 unspecified atom stereocenters. The van der Waals surface area contributed by atoms with Gasteiger partial charge in [0.25, 0.3) is 0 Å². The first-order valence-electron chi connectivity index (χ1n) is 6.53. The highest BCUT2D eigenvalue weighted by Crippen LogP contribution is 2.21. The monoisotopic (exact) mass is 253 g/mol. The average molecular weight is 253 g/mol. The molecule has 2 aromatic rings. The molecule has 2 aromatic carbocycles. The number of terminal acetylenes is 1. The summed E-state index contributed by atoms with van der Waals surface area (Å²) in [5.41, 5.74) is 1.24. The van der Waals surface area contributed by atoms with Gasteiger partial charge < -0.3 is 4.74 Å². The number of hydrogen-bond acceptors (Lipinski definition) is 2. The summed E-state index contributed by atoms with van der Waals surface area (Å²) in [6, 6.07) is 12.7. The summed E-state index contributed by atoms with van der Waals surface area (Å²) >= 11 is 0. The fourth-order valence-corrected chi connectivity index (χ4v) is 2.07. The lowest BCUT2D eigenvalue weighted by molar-refractivity contribution is 0.415. The molecule has 0 aliphatic carbocycles. The first-order chi connectivity index (χ1) is 9.26. The molecule has 0 heterocycles. The van der Waals surface area contributed by atoms with Gasteiger partial charge in [0.1, 0.15) is 5.75 Å². The van der Waals surface area contributed by atoms with Gasteiger partial charge in [0.2, 0.25) is 0 Å². The van der Waals surface area contributed by atoms with Crippen molar-refractivity contribution < 1.29 is 4.74 Å². The number of ether oxygens (including phenoxy) is 1. The van der Waals surface area contributed by atoms with Crippen LogP contribution in [0.3, 0.4) is 0 Å². The molecule has 98 valence electrons. The molecule has 2 heteroatoms. The number of methoxy groups -OCH3 is 1. The maximum Gasteiger partial charge on any atom is 0.119 e. The van der Waals surface area contributed by atoms with Gasteiger partial charge in [-0.15, -0.1) is 6.42 Å². The van der Waals surface area contributed by atoms with Crippen molar-refractivity contribution in [2.75, 3.05) is 7.11 Å². The lowest BCUT2D eigenvalue weighted by Crippen LogP contribution is -2.26. The predicted octanol–water partition coefficient (Wildman–Crippen LogP) is 3.35. The second-order valence-electron chi connectivity index (χ2n) is 4.56. The van der Waals surface area contributed by atoms with Gasteiger partial charge in [-0.3, -0.25) is 5.32 Å². The molecule has 0 fully saturated rings. The van der Waals surface area contributed by atoms with E-state index in [1.807, 2.05) is 12.1 Å². The lowest BCUT2D eigenvalue weighted by Gasteiger charge is -2.11. The van der Waals surface area contributed by atoms with Gasteiger partial charge >= 0.3 is 0 Å². The largest absolute Gasteiger partial charge is 0.497 e. The van der Waals surface area contributed by atoms with Crippen LogP contribution in [-0.4, -0.2) is 13.2 Å². The van der Waals surface area contributed by atoms with Crippen LogP contribution in [0.1, 0.15) is 18.9 Å². The maximum absolute atomic E-state index is 5.44. The van der Waals surface area contributed by atoms with Crippen LogP contribution in [0.25, 0.3) is 10.8 Å². The molecule has 0 bridgehead atoms. The zero-order valence-electron chi connectivity index (χ0n) is 11.4. The Morgan fingerprint density at radius 2 is 1.95 bits per heavy atom. The minimum absolute atomic E-state index is 0.145. The summed E-state index contributed by atoms with van der Waals surface area (Å²) in [4.78, 5) is 0. The molecule has 0 saturated heterocycles. The van der Waals surface area contributed by atoms with E-state index in [1.165, 1.54) is 16.3 Å². The summed E-state index contributed by atoms with van der Waals surface area (Å²) in [5, 5.41) is 5.77. The van der Waals surface area contributed by atoms with Crippen LogP contribution in [0.15, 0.2) is 36.4 Å². The van der Waals surface area contributed by atoms with Crippen molar-refractivity contribution in [3.05, 3.63) is 42.0 Å². The third kappa shape index (κ3) is 3.27. The van der Waals surface area contributed by atoms with E-state index < -0.39 is 0 Å². The topological polar surface area (TPSA) is 21.3 Å². The van der Waals surface area contributed by atoms with Crippen molar-refractivity contribution in [3.63, 3.8) is 0 Å². The zero-order valence-corrected chi connectivity index (χ0v) is 11.4. The zero-order chi connectivity index (χ0) is 13.7. The molecular weight excluding hydrogens is 234 g/mol. The van der Waals surface area contributed by atoms with Crippen LogP contribution in [0.4, 0.5) is 0 Å². The molecule has 2 nitrogen and oxygen atoms in total. The second kappa shape index (κ2) is 6.26. The standard InChI is InChI=1S/C17H19NO/c1-4-16(5-2)18-12-13-6-7-15-11-17(19-3)9-8-14(15)10-13/h1,6-11,16,18H,5,12H2,2-3H3. The van der Waals surface area contributed by atoms with Crippen LogP contribution in [0, 0.1) is 12.3 Å². The Morgan fingerprint density at radius 3 is 2.63 bits per heavy atom. The molecule has 2 rings (SSSR count). The molecule has 0 radical (unpaired) electrons. The Morgan fingerprint density at radius 1 is 1.21 bits per heavy atom. The summed E-state index contributed by atoms with van der Waals surface area (Å²) in [7, 11) is 1.68. The predicted molar refractivity (Wildman–Crippen MR) is 80.3 cm³/mol. The van der Waals surface area contributed by atoms with Crippen molar-refractivity contribution in [2.24, 2.45) is 0 Å². The van der Waals surface area contributed by atoms with Gasteiger partial charge in [-0.05, 0) is 41.0 Å². The molecular formula is C17H19NO. The summed E-state index contributed by atoms with van der Waals surface area (Å²) < 4.78 is 5.23. The Balaban J connectivity index is 2.16. The van der Waals surface area contributed by atoms with Crippen molar-refractivity contribution in [1.29, 1.82) is 0 Å². The van der Waals surface area contributed by atoms with E-state index in [0.29, 0.717) is 0 Å². The van der Waals surface area contributed by atoms with Gasteiger partial charge in [-0.2, -0.15) is 0 Å². The highest BCUT2D eigenvalue weighted by Gasteiger charge is 2.02. The number of fused-ring (bicyclic) bond motifs is 1. The minimum atomic E-state index is 0.145. The Hall–Kier alpha value is -1.98. The third-order valence-electron chi connectivity index (χ3n) is 3.27. The van der Waals surface area contributed by atoms with Crippen molar-refractivity contribution >= 4 is 10.8 Å². The minimum Gasteiger partial charge on any atom is -0.497 e. The maximum atomic E-state index is 5.44. The first-order valence-corrected chi connectivity index (χ1v) is 6.53. The quantitative estimate of drug-likeness (QED) is 0.825. The van der Waals surface area contributed by atoms with Crippen molar-refractivity contribution in [3.8, 4) is 18.1 Å². The Kier molecular flexibility index (Phi) is 4.43. The van der Waals surface area contributed by atoms with Crippen LogP contribution >= 0.6 is 0 Å². The highest BCUT2D eigenvalue weighted by molar-refractivity contribution is 5.84. The second-order valence-corrected chi connectivity index (χ2v) is 4.56. The summed E-state index contributed by atoms with van der Waals surface area (Å²) in [5.74, 6) is 3.63. The van der Waals surface area contributed by atoms with E-state index in [4.69, 9.17) is 11.2 Å². The number of benzene rings is 2. The highest BCUT2D eigenvalue weighted by atomic mass is 16.5. The normalized spacial score (nSPS) is 12.1. The van der Waals surface area contributed by atoms with E-state index in [0.717, 1.165) is 18.7 Å². The van der Waals surface area contributed by atoms with Crippen molar-refractivity contribution in [1.82, 2.24) is 5.32 Å². The van der Waals surface area contributed by atoms with Gasteiger partial charge in [-0.1, -0.05) is 31.0 Å². The lowest BCUT2D eigenvalue weighted by atomic mass is 10.1. The van der Waals surface area contributed by atoms with Gasteiger partial charge in [0.05, 0.1) is 13.2 Å². The summed E-state index contributed by atoms with van der Waals surface area (Å²) in [6.07, 6.45) is 6.39. The number of hydrogen-bond donors (Lipinski definition) is 1. The number of rotatable bonds is 5. The van der Waals surface area contributed by atoms with E-state index in [9.17, 15) is 0 Å². The van der Waals surface area contributed by atoms with Gasteiger partial charge in [0.15, 0.2) is 0 Å². The molecule has 19 heavy (non-hydrogen) atoms. The molecule has 0 amide bonds. The molecule has 1 N–H and O–H groups in total. The van der Waals surface area contributed by atoms with Crippen molar-refractivity contribution in [2.45, 2.75) is 25.9 Å². The summed E-state index contributed by atoms with van der Waals surface area (Å²) in [6.45, 7) is 2.88. The van der Waals surface area contributed by atoms with Gasteiger partial charge in [-0.25, -0.2) is 0 Å². The van der Waals surface area contributed by atoms with E-state index in [2.05, 4.69) is 42.4 Å². The van der Waals surface area contributed by atoms with E-state index in [-0.39, 0.29) is 6.04 Å². The fraction of sp³-hybridized carbons (Fsp3) is 0.294. The molecule has 1 atom stereocenters. The van der Waals surface area contributed by atoms with E-state index >= 15 is 0 Å². The first kappa shape index (κ1) is 13.5. The molecule has 0 aliphatic heterocycles. The van der Waals surface area contributed by atoms with Gasteiger partial charge in [0, 0.05) is 6.54 Å². The van der Waals surface area contributed by atoms with Crippen LogP contribution < -0.4 is 10.1 Å². The SMILES string of the molecule is C#CC(CC)NCc1ccc2cc(OC)ccc2c1. The smallest absolute Gasteiger partial charge is 0.119 e.